The van der Waals surface area contributed by atoms with Gasteiger partial charge in [0, 0.05) is 26.4 Å². The van der Waals surface area contributed by atoms with Crippen LogP contribution in [0.1, 0.15) is 11.7 Å². The Kier molecular flexibility index (Phi) is 4.41. The zero-order valence-electron chi connectivity index (χ0n) is 11.4. The van der Waals surface area contributed by atoms with Gasteiger partial charge in [-0.15, -0.1) is 0 Å². The third-order valence-corrected chi connectivity index (χ3v) is 4.39. The molecule has 112 valence electrons. The zero-order chi connectivity index (χ0) is 14.8. The Bertz CT molecular complexity index is 583. The molecular weight excluding hydrogens is 284 g/mol. The van der Waals surface area contributed by atoms with E-state index in [0.29, 0.717) is 18.8 Å². The van der Waals surface area contributed by atoms with Crippen LogP contribution >= 0.6 is 0 Å². The van der Waals surface area contributed by atoms with Gasteiger partial charge >= 0.3 is 0 Å². The molecule has 0 spiro atoms. The molecule has 1 aromatic heterocycles. The summed E-state index contributed by atoms with van der Waals surface area (Å²) in [7, 11) is -1.80. The fourth-order valence-corrected chi connectivity index (χ4v) is 2.90. The molecule has 1 aliphatic rings. The minimum Gasteiger partial charge on any atom is -0.383 e. The molecule has 0 radical (unpaired) electrons. The minimum absolute atomic E-state index is 0.112. The van der Waals surface area contributed by atoms with Crippen LogP contribution in [-0.2, 0) is 26.1 Å². The quantitative estimate of drug-likeness (QED) is 0.701. The second-order valence-corrected chi connectivity index (χ2v) is 6.63. The van der Waals surface area contributed by atoms with Crippen molar-refractivity contribution < 1.29 is 17.9 Å². The van der Waals surface area contributed by atoms with Crippen LogP contribution in [0.2, 0.25) is 0 Å². The normalized spacial score (nSPS) is 19.6. The lowest BCUT2D eigenvalue weighted by Gasteiger charge is -2.32. The summed E-state index contributed by atoms with van der Waals surface area (Å²) < 4.78 is 31.2. The minimum atomic E-state index is -3.35. The van der Waals surface area contributed by atoms with Crippen molar-refractivity contribution in [1.82, 2.24) is 19.2 Å². The first-order valence-corrected chi connectivity index (χ1v) is 8.01. The van der Waals surface area contributed by atoms with Gasteiger partial charge in [-0.3, -0.25) is 4.79 Å². The predicted molar refractivity (Wildman–Crippen MR) is 71.4 cm³/mol. The number of ether oxygens (including phenoxy) is 1. The number of fused-ring (bicyclic) bond motifs is 1. The summed E-state index contributed by atoms with van der Waals surface area (Å²) in [6, 6.07) is -0.604. The fourth-order valence-electron chi connectivity index (χ4n) is 2.12. The number of carbonyl (C=O) groups is 1. The van der Waals surface area contributed by atoms with Crippen LogP contribution in [0.3, 0.4) is 0 Å². The maximum atomic E-state index is 12.2. The number of nitrogens with zero attached hydrogens (tertiary/aromatic N) is 3. The smallest absolute Gasteiger partial charge is 0.244 e. The van der Waals surface area contributed by atoms with E-state index in [9.17, 15) is 13.2 Å². The number of rotatable bonds is 5. The second-order valence-electron chi connectivity index (χ2n) is 4.65. The SMILES string of the molecule is COCCNC(=O)[C@@H]1CN(S(C)(=O)=O)Cc2cncn21. The van der Waals surface area contributed by atoms with Gasteiger partial charge in [-0.2, -0.15) is 4.31 Å². The number of hydrogen-bond acceptors (Lipinski definition) is 5. The van der Waals surface area contributed by atoms with Gasteiger partial charge in [-0.1, -0.05) is 0 Å². The van der Waals surface area contributed by atoms with Gasteiger partial charge < -0.3 is 14.6 Å². The summed E-state index contributed by atoms with van der Waals surface area (Å²) in [5.41, 5.74) is 0.702. The van der Waals surface area contributed by atoms with E-state index in [4.69, 9.17) is 4.74 Å². The topological polar surface area (TPSA) is 93.5 Å². The summed E-state index contributed by atoms with van der Waals surface area (Å²) in [4.78, 5) is 16.2. The maximum absolute atomic E-state index is 12.2. The molecule has 1 amide bonds. The van der Waals surface area contributed by atoms with E-state index in [2.05, 4.69) is 10.3 Å². The Morgan fingerprint density at radius 2 is 2.35 bits per heavy atom. The van der Waals surface area contributed by atoms with Crippen molar-refractivity contribution in [3.05, 3.63) is 18.2 Å². The lowest BCUT2D eigenvalue weighted by Crippen LogP contribution is -2.46. The molecule has 0 unspecified atom stereocenters. The number of imidazole rings is 1. The molecule has 2 rings (SSSR count). The molecule has 1 atom stereocenters. The van der Waals surface area contributed by atoms with Crippen LogP contribution in [-0.4, -0.2) is 61.2 Å². The molecule has 1 aromatic rings. The first-order chi connectivity index (χ1) is 9.43. The van der Waals surface area contributed by atoms with E-state index in [1.165, 1.54) is 4.31 Å². The number of sulfonamides is 1. The first-order valence-electron chi connectivity index (χ1n) is 6.16. The van der Waals surface area contributed by atoms with Crippen LogP contribution in [0.25, 0.3) is 0 Å². The van der Waals surface area contributed by atoms with Gasteiger partial charge in [0.1, 0.15) is 6.04 Å². The second kappa shape index (κ2) is 5.90. The highest BCUT2D eigenvalue weighted by Crippen LogP contribution is 2.22. The molecule has 0 saturated heterocycles. The van der Waals surface area contributed by atoms with Crippen molar-refractivity contribution in [2.75, 3.05) is 33.1 Å². The molecule has 0 aliphatic carbocycles. The van der Waals surface area contributed by atoms with E-state index >= 15 is 0 Å². The highest BCUT2D eigenvalue weighted by atomic mass is 32.2. The molecule has 1 aliphatic heterocycles. The molecule has 0 aromatic carbocycles. The Balaban J connectivity index is 2.17. The van der Waals surface area contributed by atoms with E-state index < -0.39 is 16.1 Å². The Morgan fingerprint density at radius 3 is 3.00 bits per heavy atom. The third-order valence-electron chi connectivity index (χ3n) is 3.17. The van der Waals surface area contributed by atoms with E-state index in [1.807, 2.05) is 0 Å². The lowest BCUT2D eigenvalue weighted by molar-refractivity contribution is -0.125. The van der Waals surface area contributed by atoms with Crippen LogP contribution in [0.4, 0.5) is 0 Å². The van der Waals surface area contributed by atoms with Crippen molar-refractivity contribution >= 4 is 15.9 Å². The predicted octanol–water partition coefficient (Wildman–Crippen LogP) is -1.04. The number of carbonyl (C=O) groups excluding carboxylic acids is 1. The van der Waals surface area contributed by atoms with Gasteiger partial charge in [0.25, 0.3) is 0 Å². The Hall–Kier alpha value is -1.45. The molecule has 0 bridgehead atoms. The van der Waals surface area contributed by atoms with Gasteiger partial charge in [0.05, 0.1) is 31.4 Å². The average Bonchev–Trinajstić information content (AvgIpc) is 2.84. The summed E-state index contributed by atoms with van der Waals surface area (Å²) in [5, 5.41) is 2.72. The molecule has 8 nitrogen and oxygen atoms in total. The molecule has 0 saturated carbocycles. The Morgan fingerprint density at radius 1 is 1.60 bits per heavy atom. The highest BCUT2D eigenvalue weighted by molar-refractivity contribution is 7.88. The highest BCUT2D eigenvalue weighted by Gasteiger charge is 2.33. The molecule has 2 heterocycles. The number of methoxy groups -OCH3 is 1. The van der Waals surface area contributed by atoms with Crippen LogP contribution in [0.5, 0.6) is 0 Å². The van der Waals surface area contributed by atoms with Crippen molar-refractivity contribution in [2.45, 2.75) is 12.6 Å². The van der Waals surface area contributed by atoms with E-state index in [0.717, 1.165) is 6.26 Å². The van der Waals surface area contributed by atoms with Crippen molar-refractivity contribution in [3.8, 4) is 0 Å². The molecule has 9 heteroatoms. The number of hydrogen-bond donors (Lipinski definition) is 1. The fraction of sp³-hybridized carbons (Fsp3) is 0.636. The molecule has 1 N–H and O–H groups in total. The first kappa shape index (κ1) is 14.9. The summed E-state index contributed by atoms with van der Waals surface area (Å²) in [6.07, 6.45) is 4.27. The lowest BCUT2D eigenvalue weighted by atomic mass is 10.2. The van der Waals surface area contributed by atoms with Gasteiger partial charge in [-0.05, 0) is 0 Å². The van der Waals surface area contributed by atoms with Gasteiger partial charge in [0.15, 0.2) is 0 Å². The van der Waals surface area contributed by atoms with Crippen LogP contribution in [0, 0.1) is 0 Å². The summed E-state index contributed by atoms with van der Waals surface area (Å²) >= 11 is 0. The van der Waals surface area contributed by atoms with E-state index in [-0.39, 0.29) is 19.0 Å². The zero-order valence-corrected chi connectivity index (χ0v) is 12.3. The summed E-state index contributed by atoms with van der Waals surface area (Å²) in [5.74, 6) is -0.241. The van der Waals surface area contributed by atoms with Crippen molar-refractivity contribution in [1.29, 1.82) is 0 Å². The molecule has 20 heavy (non-hydrogen) atoms. The monoisotopic (exact) mass is 302 g/mol. The maximum Gasteiger partial charge on any atom is 0.244 e. The largest absolute Gasteiger partial charge is 0.383 e. The van der Waals surface area contributed by atoms with E-state index in [1.54, 1.807) is 24.2 Å². The van der Waals surface area contributed by atoms with Crippen molar-refractivity contribution in [3.63, 3.8) is 0 Å². The number of amides is 1. The average molecular weight is 302 g/mol. The molecular formula is C11H18N4O4S. The van der Waals surface area contributed by atoms with Gasteiger partial charge in [-0.25, -0.2) is 13.4 Å². The Labute approximate surface area is 117 Å². The van der Waals surface area contributed by atoms with Crippen molar-refractivity contribution in [2.24, 2.45) is 0 Å². The third kappa shape index (κ3) is 3.17. The standard InChI is InChI=1S/C11H18N4O4S/c1-19-4-3-13-11(16)10-7-14(20(2,17)18)6-9-5-12-8-15(9)10/h5,8,10H,3-4,6-7H2,1-2H3,(H,13,16)/t10-/m0/s1. The molecule has 0 fully saturated rings. The number of aromatic nitrogens is 2. The number of nitrogens with one attached hydrogen (secondary N) is 1. The summed E-state index contributed by atoms with van der Waals surface area (Å²) in [6.45, 7) is 1.14. The van der Waals surface area contributed by atoms with Gasteiger partial charge in [0.2, 0.25) is 15.9 Å². The van der Waals surface area contributed by atoms with Crippen LogP contribution in [0.15, 0.2) is 12.5 Å². The van der Waals surface area contributed by atoms with Crippen LogP contribution < -0.4 is 5.32 Å².